The molecule has 3 rings (SSSR count). The molecule has 3 nitrogen and oxygen atoms in total. The van der Waals surface area contributed by atoms with Crippen molar-refractivity contribution in [1.82, 2.24) is 4.57 Å². The van der Waals surface area contributed by atoms with E-state index in [0.29, 0.717) is 5.56 Å². The van der Waals surface area contributed by atoms with Crippen LogP contribution in [0.5, 0.6) is 0 Å². The van der Waals surface area contributed by atoms with Gasteiger partial charge >= 0.3 is 0 Å². The van der Waals surface area contributed by atoms with Crippen molar-refractivity contribution < 1.29 is 4.79 Å². The fourth-order valence-corrected chi connectivity index (χ4v) is 2.58. The van der Waals surface area contributed by atoms with E-state index in [-0.39, 0.29) is 0 Å². The van der Waals surface area contributed by atoms with Gasteiger partial charge in [-0.1, -0.05) is 48.5 Å². The maximum Gasteiger partial charge on any atom is 0.251 e. The summed E-state index contributed by atoms with van der Waals surface area (Å²) in [6, 6.07) is 17.6. The van der Waals surface area contributed by atoms with E-state index in [0.717, 1.165) is 22.2 Å². The van der Waals surface area contributed by atoms with Crippen molar-refractivity contribution in [3.05, 3.63) is 60.2 Å². The first kappa shape index (κ1) is 11.5. The Balaban J connectivity index is 2.44. The van der Waals surface area contributed by atoms with Crippen LogP contribution in [0.2, 0.25) is 0 Å². The minimum Gasteiger partial charge on any atom is -0.366 e. The van der Waals surface area contributed by atoms with Crippen molar-refractivity contribution in [2.45, 2.75) is 0 Å². The molecule has 2 N–H and O–H groups in total. The number of nitrogens with zero attached hydrogens (tertiary/aromatic N) is 1. The second kappa shape index (κ2) is 4.28. The first-order valence-electron chi connectivity index (χ1n) is 6.13. The average Bonchev–Trinajstić information content (AvgIpc) is 2.74. The van der Waals surface area contributed by atoms with Gasteiger partial charge in [0, 0.05) is 18.0 Å². The minimum absolute atomic E-state index is 0.393. The van der Waals surface area contributed by atoms with Crippen LogP contribution in [0.3, 0.4) is 0 Å². The molecule has 3 heteroatoms. The van der Waals surface area contributed by atoms with Gasteiger partial charge in [-0.15, -0.1) is 0 Å². The third kappa shape index (κ3) is 1.71. The number of carbonyl (C=O) groups is 1. The minimum atomic E-state index is -0.393. The van der Waals surface area contributed by atoms with E-state index in [1.54, 1.807) is 0 Å². The predicted molar refractivity (Wildman–Crippen MR) is 76.9 cm³/mol. The normalized spacial score (nSPS) is 10.8. The number of rotatable bonds is 2. The lowest BCUT2D eigenvalue weighted by Gasteiger charge is -2.06. The monoisotopic (exact) mass is 250 g/mol. The number of carbonyl (C=O) groups excluding carboxylic acids is 1. The third-order valence-corrected chi connectivity index (χ3v) is 3.40. The van der Waals surface area contributed by atoms with E-state index < -0.39 is 5.91 Å². The van der Waals surface area contributed by atoms with Crippen molar-refractivity contribution in [2.24, 2.45) is 12.8 Å². The highest BCUT2D eigenvalue weighted by Crippen LogP contribution is 2.32. The Morgan fingerprint density at radius 3 is 2.32 bits per heavy atom. The molecule has 0 aliphatic heterocycles. The third-order valence-electron chi connectivity index (χ3n) is 3.40. The first-order chi connectivity index (χ1) is 9.20. The number of amides is 1. The molecule has 0 saturated carbocycles. The molecule has 0 fully saturated rings. The first-order valence-corrected chi connectivity index (χ1v) is 6.13. The molecule has 0 unspecified atom stereocenters. The molecule has 0 aliphatic carbocycles. The van der Waals surface area contributed by atoms with E-state index in [2.05, 4.69) is 0 Å². The van der Waals surface area contributed by atoms with Gasteiger partial charge in [0.25, 0.3) is 5.91 Å². The second-order valence-electron chi connectivity index (χ2n) is 4.53. The number of hydrogen-bond donors (Lipinski definition) is 1. The molecular weight excluding hydrogens is 236 g/mol. The van der Waals surface area contributed by atoms with Crippen LogP contribution in [0.4, 0.5) is 0 Å². The van der Waals surface area contributed by atoms with Gasteiger partial charge in [-0.2, -0.15) is 0 Å². The van der Waals surface area contributed by atoms with Crippen LogP contribution in [0.15, 0.2) is 54.6 Å². The largest absolute Gasteiger partial charge is 0.366 e. The Morgan fingerprint density at radius 2 is 1.63 bits per heavy atom. The molecule has 3 aromatic rings. The van der Waals surface area contributed by atoms with Crippen LogP contribution < -0.4 is 5.73 Å². The molecule has 1 aromatic heterocycles. The lowest BCUT2D eigenvalue weighted by molar-refractivity contribution is 0.100. The Labute approximate surface area is 111 Å². The number of aryl methyl sites for hydroxylation is 1. The van der Waals surface area contributed by atoms with E-state index in [4.69, 9.17) is 5.73 Å². The maximum atomic E-state index is 11.8. The number of para-hydroxylation sites is 1. The van der Waals surface area contributed by atoms with Gasteiger partial charge < -0.3 is 10.3 Å². The molecule has 0 aliphatic rings. The molecule has 19 heavy (non-hydrogen) atoms. The second-order valence-corrected chi connectivity index (χ2v) is 4.53. The molecule has 2 aromatic carbocycles. The summed E-state index contributed by atoms with van der Waals surface area (Å²) in [6.07, 6.45) is 0. The summed E-state index contributed by atoms with van der Waals surface area (Å²) in [4.78, 5) is 11.8. The van der Waals surface area contributed by atoms with Crippen molar-refractivity contribution in [1.29, 1.82) is 0 Å². The number of primary amides is 1. The Hall–Kier alpha value is -2.55. The zero-order valence-electron chi connectivity index (χ0n) is 10.6. The number of fused-ring (bicyclic) bond motifs is 1. The number of benzene rings is 2. The van der Waals surface area contributed by atoms with Crippen molar-refractivity contribution >= 4 is 16.8 Å². The fourth-order valence-electron chi connectivity index (χ4n) is 2.58. The summed E-state index contributed by atoms with van der Waals surface area (Å²) in [7, 11) is 1.96. The van der Waals surface area contributed by atoms with E-state index in [1.807, 2.05) is 66.2 Å². The number of nitrogens with two attached hydrogens (primary N) is 1. The van der Waals surface area contributed by atoms with Gasteiger partial charge in [0.2, 0.25) is 0 Å². The molecular formula is C16H14N2O. The van der Waals surface area contributed by atoms with Gasteiger partial charge in [-0.3, -0.25) is 4.79 Å². The smallest absolute Gasteiger partial charge is 0.251 e. The molecule has 0 bridgehead atoms. The molecule has 0 saturated heterocycles. The summed E-state index contributed by atoms with van der Waals surface area (Å²) < 4.78 is 2.02. The molecule has 0 spiro atoms. The summed E-state index contributed by atoms with van der Waals surface area (Å²) in [5.74, 6) is -0.393. The lowest BCUT2D eigenvalue weighted by atomic mass is 10.0. The topological polar surface area (TPSA) is 48.0 Å². The SMILES string of the molecule is Cn1c(-c2ccccc2)c(C(N)=O)c2ccccc21. The predicted octanol–water partition coefficient (Wildman–Crippen LogP) is 2.94. The molecule has 1 amide bonds. The van der Waals surface area contributed by atoms with Gasteiger partial charge in [0.05, 0.1) is 11.3 Å². The van der Waals surface area contributed by atoms with Crippen LogP contribution in [-0.4, -0.2) is 10.5 Å². The maximum absolute atomic E-state index is 11.8. The van der Waals surface area contributed by atoms with Crippen LogP contribution in [0, 0.1) is 0 Å². The summed E-state index contributed by atoms with van der Waals surface area (Å²) in [5, 5.41) is 0.899. The summed E-state index contributed by atoms with van der Waals surface area (Å²) in [5.41, 5.74) is 9.04. The highest BCUT2D eigenvalue weighted by molar-refractivity contribution is 6.12. The number of aromatic nitrogens is 1. The van der Waals surface area contributed by atoms with Crippen molar-refractivity contribution in [3.8, 4) is 11.3 Å². The summed E-state index contributed by atoms with van der Waals surface area (Å²) >= 11 is 0. The quantitative estimate of drug-likeness (QED) is 0.746. The zero-order valence-corrected chi connectivity index (χ0v) is 10.6. The fraction of sp³-hybridized carbons (Fsp3) is 0.0625. The highest BCUT2D eigenvalue weighted by atomic mass is 16.1. The van der Waals surface area contributed by atoms with Crippen LogP contribution in [0.1, 0.15) is 10.4 Å². The van der Waals surface area contributed by atoms with Crippen molar-refractivity contribution in [3.63, 3.8) is 0 Å². The Bertz CT molecular complexity index is 757. The van der Waals surface area contributed by atoms with Crippen LogP contribution in [0.25, 0.3) is 22.2 Å². The summed E-state index contributed by atoms with van der Waals surface area (Å²) in [6.45, 7) is 0. The van der Waals surface area contributed by atoms with Crippen LogP contribution in [-0.2, 0) is 7.05 Å². The van der Waals surface area contributed by atoms with Gasteiger partial charge in [-0.05, 0) is 11.6 Å². The van der Waals surface area contributed by atoms with E-state index >= 15 is 0 Å². The Kier molecular flexibility index (Phi) is 2.60. The van der Waals surface area contributed by atoms with Gasteiger partial charge in [0.15, 0.2) is 0 Å². The lowest BCUT2D eigenvalue weighted by Crippen LogP contribution is -2.12. The Morgan fingerprint density at radius 1 is 1.00 bits per heavy atom. The molecule has 1 heterocycles. The highest BCUT2D eigenvalue weighted by Gasteiger charge is 2.19. The van der Waals surface area contributed by atoms with Gasteiger partial charge in [0.1, 0.15) is 0 Å². The zero-order chi connectivity index (χ0) is 13.4. The average molecular weight is 250 g/mol. The van der Waals surface area contributed by atoms with Gasteiger partial charge in [-0.25, -0.2) is 0 Å². The van der Waals surface area contributed by atoms with Crippen LogP contribution >= 0.6 is 0 Å². The molecule has 0 radical (unpaired) electrons. The number of hydrogen-bond acceptors (Lipinski definition) is 1. The van der Waals surface area contributed by atoms with E-state index in [9.17, 15) is 4.79 Å². The van der Waals surface area contributed by atoms with E-state index in [1.165, 1.54) is 0 Å². The molecule has 0 atom stereocenters. The standard InChI is InChI=1S/C16H14N2O/c1-18-13-10-6-5-9-12(13)14(16(17)19)15(18)11-7-3-2-4-8-11/h2-10H,1H3,(H2,17,19). The van der Waals surface area contributed by atoms with Crippen molar-refractivity contribution in [2.75, 3.05) is 0 Å². The molecule has 94 valence electrons.